The van der Waals surface area contributed by atoms with E-state index in [-0.39, 0.29) is 11.9 Å². The minimum Gasteiger partial charge on any atom is -0.351 e. The van der Waals surface area contributed by atoms with Gasteiger partial charge in [0, 0.05) is 17.9 Å². The number of hydrogen-bond donors (Lipinski definition) is 1. The van der Waals surface area contributed by atoms with E-state index < -0.39 is 0 Å². The Kier molecular flexibility index (Phi) is 4.66. The highest BCUT2D eigenvalue weighted by atomic mass is 19.1. The smallest absolute Gasteiger partial charge is 0.223 e. The quantitative estimate of drug-likeness (QED) is 0.904. The van der Waals surface area contributed by atoms with Crippen LogP contribution in [-0.2, 0) is 6.42 Å². The van der Waals surface area contributed by atoms with Gasteiger partial charge in [-0.05, 0) is 43.0 Å². The van der Waals surface area contributed by atoms with Crippen LogP contribution in [0, 0.1) is 18.7 Å². The molecular formula is C16H20FN3. The fraction of sp³-hybridized carbons (Fsp3) is 0.375. The van der Waals surface area contributed by atoms with Crippen LogP contribution in [0.15, 0.2) is 36.5 Å². The molecule has 20 heavy (non-hydrogen) atoms. The topological polar surface area (TPSA) is 37.8 Å². The summed E-state index contributed by atoms with van der Waals surface area (Å²) in [4.78, 5) is 8.60. The van der Waals surface area contributed by atoms with E-state index in [9.17, 15) is 4.39 Å². The third kappa shape index (κ3) is 4.02. The Hall–Kier alpha value is -1.97. The standard InChI is InChI=1S/C16H20FN3/c1-11(2)15(10-13-4-6-14(17)7-5-13)20-16-18-9-8-12(3)19-16/h4-9,11,15H,10H2,1-3H3,(H,18,19,20). The predicted octanol–water partition coefficient (Wildman–Crippen LogP) is 3.60. The molecule has 1 aromatic carbocycles. The van der Waals surface area contributed by atoms with Crippen LogP contribution in [0.25, 0.3) is 0 Å². The van der Waals surface area contributed by atoms with Gasteiger partial charge in [0.05, 0.1) is 0 Å². The maximum atomic E-state index is 12.9. The molecule has 2 aromatic rings. The van der Waals surface area contributed by atoms with Gasteiger partial charge in [-0.2, -0.15) is 0 Å². The van der Waals surface area contributed by atoms with Gasteiger partial charge in [0.1, 0.15) is 5.82 Å². The van der Waals surface area contributed by atoms with Crippen molar-refractivity contribution in [2.75, 3.05) is 5.32 Å². The Morgan fingerprint density at radius 1 is 1.15 bits per heavy atom. The molecule has 2 rings (SSSR count). The first-order valence-electron chi connectivity index (χ1n) is 6.85. The summed E-state index contributed by atoms with van der Waals surface area (Å²) in [5, 5.41) is 3.37. The van der Waals surface area contributed by atoms with Crippen LogP contribution < -0.4 is 5.32 Å². The van der Waals surface area contributed by atoms with Crippen molar-refractivity contribution >= 4 is 5.95 Å². The summed E-state index contributed by atoms with van der Waals surface area (Å²) in [6.07, 6.45) is 2.56. The van der Waals surface area contributed by atoms with Gasteiger partial charge in [-0.1, -0.05) is 26.0 Å². The molecule has 1 heterocycles. The van der Waals surface area contributed by atoms with Crippen LogP contribution in [0.5, 0.6) is 0 Å². The number of halogens is 1. The van der Waals surface area contributed by atoms with Gasteiger partial charge < -0.3 is 5.32 Å². The van der Waals surface area contributed by atoms with Crippen LogP contribution in [0.1, 0.15) is 25.1 Å². The normalized spacial score (nSPS) is 12.4. The Morgan fingerprint density at radius 3 is 2.45 bits per heavy atom. The maximum Gasteiger partial charge on any atom is 0.223 e. The molecule has 0 bridgehead atoms. The number of aryl methyl sites for hydroxylation is 1. The van der Waals surface area contributed by atoms with Crippen LogP contribution >= 0.6 is 0 Å². The molecule has 3 nitrogen and oxygen atoms in total. The first kappa shape index (κ1) is 14.4. The number of anilines is 1. The van der Waals surface area contributed by atoms with Crippen molar-refractivity contribution in [1.82, 2.24) is 9.97 Å². The zero-order valence-corrected chi connectivity index (χ0v) is 12.1. The fourth-order valence-corrected chi connectivity index (χ4v) is 2.01. The maximum absolute atomic E-state index is 12.9. The summed E-state index contributed by atoms with van der Waals surface area (Å²) in [6, 6.07) is 8.72. The van der Waals surface area contributed by atoms with Crippen LogP contribution in [0.4, 0.5) is 10.3 Å². The Bertz CT molecular complexity index is 552. The Balaban J connectivity index is 2.09. The van der Waals surface area contributed by atoms with E-state index in [1.165, 1.54) is 12.1 Å². The van der Waals surface area contributed by atoms with Gasteiger partial charge in [-0.25, -0.2) is 14.4 Å². The van der Waals surface area contributed by atoms with Crippen molar-refractivity contribution in [2.24, 2.45) is 5.92 Å². The molecule has 1 aromatic heterocycles. The van der Waals surface area contributed by atoms with Crippen LogP contribution in [0.2, 0.25) is 0 Å². The molecule has 0 aliphatic heterocycles. The van der Waals surface area contributed by atoms with Gasteiger partial charge in [0.25, 0.3) is 0 Å². The summed E-state index contributed by atoms with van der Waals surface area (Å²) in [7, 11) is 0. The van der Waals surface area contributed by atoms with Gasteiger partial charge in [-0.15, -0.1) is 0 Å². The molecule has 0 aliphatic rings. The SMILES string of the molecule is Cc1ccnc(NC(Cc2ccc(F)cc2)C(C)C)n1. The summed E-state index contributed by atoms with van der Waals surface area (Å²) >= 11 is 0. The van der Waals surface area contributed by atoms with Gasteiger partial charge in [0.15, 0.2) is 0 Å². The first-order valence-corrected chi connectivity index (χ1v) is 6.85. The predicted molar refractivity (Wildman–Crippen MR) is 79.1 cm³/mol. The van der Waals surface area contributed by atoms with E-state index in [4.69, 9.17) is 0 Å². The summed E-state index contributed by atoms with van der Waals surface area (Å²) in [5.74, 6) is 0.861. The van der Waals surface area contributed by atoms with Crippen molar-refractivity contribution < 1.29 is 4.39 Å². The number of hydrogen-bond acceptors (Lipinski definition) is 3. The third-order valence-corrected chi connectivity index (χ3v) is 3.28. The van der Waals surface area contributed by atoms with E-state index in [0.29, 0.717) is 11.9 Å². The average molecular weight is 273 g/mol. The Labute approximate surface area is 119 Å². The second kappa shape index (κ2) is 6.46. The molecule has 0 saturated carbocycles. The first-order chi connectivity index (χ1) is 9.54. The summed E-state index contributed by atoms with van der Waals surface area (Å²) < 4.78 is 12.9. The minimum absolute atomic E-state index is 0.204. The van der Waals surface area contributed by atoms with Crippen molar-refractivity contribution in [3.8, 4) is 0 Å². The van der Waals surface area contributed by atoms with E-state index in [0.717, 1.165) is 17.7 Å². The van der Waals surface area contributed by atoms with Crippen molar-refractivity contribution in [3.05, 3.63) is 53.6 Å². The third-order valence-electron chi connectivity index (χ3n) is 3.28. The zero-order valence-electron chi connectivity index (χ0n) is 12.1. The molecule has 0 amide bonds. The molecule has 4 heteroatoms. The lowest BCUT2D eigenvalue weighted by Crippen LogP contribution is -2.29. The fourth-order valence-electron chi connectivity index (χ4n) is 2.01. The monoisotopic (exact) mass is 273 g/mol. The highest BCUT2D eigenvalue weighted by Crippen LogP contribution is 2.15. The lowest BCUT2D eigenvalue weighted by Gasteiger charge is -2.22. The summed E-state index contributed by atoms with van der Waals surface area (Å²) in [5.41, 5.74) is 2.04. The number of aromatic nitrogens is 2. The molecule has 0 spiro atoms. The molecule has 0 fully saturated rings. The van der Waals surface area contributed by atoms with E-state index in [2.05, 4.69) is 29.1 Å². The van der Waals surface area contributed by atoms with Gasteiger partial charge in [0.2, 0.25) is 5.95 Å². The number of rotatable bonds is 5. The molecule has 0 aliphatic carbocycles. The Morgan fingerprint density at radius 2 is 1.85 bits per heavy atom. The molecule has 0 radical (unpaired) electrons. The molecular weight excluding hydrogens is 253 g/mol. The average Bonchev–Trinajstić information content (AvgIpc) is 2.40. The number of nitrogens with one attached hydrogen (secondary N) is 1. The van der Waals surface area contributed by atoms with Crippen molar-refractivity contribution in [1.29, 1.82) is 0 Å². The minimum atomic E-state index is -0.204. The highest BCUT2D eigenvalue weighted by Gasteiger charge is 2.15. The lowest BCUT2D eigenvalue weighted by molar-refractivity contribution is 0.517. The zero-order chi connectivity index (χ0) is 14.5. The molecule has 1 N–H and O–H groups in total. The van der Waals surface area contributed by atoms with E-state index in [1.54, 1.807) is 6.20 Å². The summed E-state index contributed by atoms with van der Waals surface area (Å²) in [6.45, 7) is 6.24. The lowest BCUT2D eigenvalue weighted by atomic mass is 9.96. The van der Waals surface area contributed by atoms with E-state index in [1.807, 2.05) is 25.1 Å². The molecule has 1 unspecified atom stereocenters. The van der Waals surface area contributed by atoms with Gasteiger partial charge in [-0.3, -0.25) is 0 Å². The molecule has 106 valence electrons. The molecule has 0 saturated heterocycles. The van der Waals surface area contributed by atoms with Crippen LogP contribution in [-0.4, -0.2) is 16.0 Å². The van der Waals surface area contributed by atoms with E-state index >= 15 is 0 Å². The second-order valence-electron chi connectivity index (χ2n) is 5.35. The number of nitrogens with zero attached hydrogens (tertiary/aromatic N) is 2. The second-order valence-corrected chi connectivity index (χ2v) is 5.35. The largest absolute Gasteiger partial charge is 0.351 e. The highest BCUT2D eigenvalue weighted by molar-refractivity contribution is 5.28. The molecule has 1 atom stereocenters. The number of benzene rings is 1. The van der Waals surface area contributed by atoms with Crippen molar-refractivity contribution in [3.63, 3.8) is 0 Å². The van der Waals surface area contributed by atoms with Gasteiger partial charge >= 0.3 is 0 Å². The van der Waals surface area contributed by atoms with Crippen molar-refractivity contribution in [2.45, 2.75) is 33.2 Å². The van der Waals surface area contributed by atoms with Crippen LogP contribution in [0.3, 0.4) is 0 Å².